The van der Waals surface area contributed by atoms with Gasteiger partial charge in [-0.25, -0.2) is 8.42 Å². The molecule has 6 nitrogen and oxygen atoms in total. The van der Waals surface area contributed by atoms with Gasteiger partial charge in [0, 0.05) is 43.1 Å². The molecule has 0 aliphatic rings. The van der Waals surface area contributed by atoms with Crippen molar-refractivity contribution in [3.05, 3.63) is 87.9 Å². The van der Waals surface area contributed by atoms with Crippen LogP contribution < -0.4 is 10.2 Å². The molecule has 1 amide bonds. The maximum Gasteiger partial charge on any atom is 0.257 e. The molecule has 0 unspecified atom stereocenters. The number of sulfonamides is 1. The molecule has 36 heavy (non-hydrogen) atoms. The van der Waals surface area contributed by atoms with E-state index in [-0.39, 0.29) is 29.3 Å². The highest BCUT2D eigenvalue weighted by atomic mass is 35.5. The first-order valence-corrected chi connectivity index (χ1v) is 13.7. The molecule has 192 valence electrons. The second-order valence-corrected chi connectivity index (χ2v) is 11.9. The summed E-state index contributed by atoms with van der Waals surface area (Å²) < 4.78 is 29.0. The summed E-state index contributed by atoms with van der Waals surface area (Å²) in [6.45, 7) is 5.97. The van der Waals surface area contributed by atoms with Crippen LogP contribution in [0.1, 0.15) is 36.7 Å². The molecule has 3 rings (SSSR count). The Balaban J connectivity index is 2.03. The lowest BCUT2D eigenvalue weighted by atomic mass is 10.1. The average Bonchev–Trinajstić information content (AvgIpc) is 2.82. The lowest BCUT2D eigenvalue weighted by Crippen LogP contribution is -2.41. The topological polar surface area (TPSA) is 69.7 Å². The summed E-state index contributed by atoms with van der Waals surface area (Å²) in [6.07, 6.45) is 0. The number of hydrogen-bond acceptors (Lipinski definition) is 4. The SMILES string of the molecule is CC(C)[C@H](C)N(Cc1cc(NC(=O)c2ccccc2Cl)ccc1N(C)C)S(=O)(=O)c1cccc(Cl)c1. The molecule has 0 heterocycles. The molecule has 0 aliphatic heterocycles. The number of rotatable bonds is 9. The Morgan fingerprint density at radius 1 is 0.944 bits per heavy atom. The molecular weight excluding hydrogens is 517 g/mol. The highest BCUT2D eigenvalue weighted by molar-refractivity contribution is 7.89. The summed E-state index contributed by atoms with van der Waals surface area (Å²) in [5, 5.41) is 3.59. The monoisotopic (exact) mass is 547 g/mol. The van der Waals surface area contributed by atoms with Crippen LogP contribution in [-0.2, 0) is 16.6 Å². The molecule has 0 radical (unpaired) electrons. The normalized spacial score (nSPS) is 12.6. The van der Waals surface area contributed by atoms with Crippen molar-refractivity contribution in [1.82, 2.24) is 4.31 Å². The number of carbonyl (C=O) groups excluding carboxylic acids is 1. The van der Waals surface area contributed by atoms with E-state index in [1.165, 1.54) is 10.4 Å². The minimum absolute atomic E-state index is 0.0601. The summed E-state index contributed by atoms with van der Waals surface area (Å²) >= 11 is 12.3. The molecule has 0 aromatic heterocycles. The number of hydrogen-bond donors (Lipinski definition) is 1. The number of halogens is 2. The number of nitrogens with zero attached hydrogens (tertiary/aromatic N) is 2. The Labute approximate surface area is 223 Å². The van der Waals surface area contributed by atoms with Gasteiger partial charge in [-0.2, -0.15) is 4.31 Å². The van der Waals surface area contributed by atoms with Crippen LogP contribution in [-0.4, -0.2) is 38.8 Å². The quantitative estimate of drug-likeness (QED) is 0.329. The van der Waals surface area contributed by atoms with E-state index in [2.05, 4.69) is 5.32 Å². The summed E-state index contributed by atoms with van der Waals surface area (Å²) in [5.74, 6) is -0.284. The van der Waals surface area contributed by atoms with Gasteiger partial charge in [-0.15, -0.1) is 0 Å². The summed E-state index contributed by atoms with van der Waals surface area (Å²) in [4.78, 5) is 14.9. The Kier molecular flexibility index (Phi) is 9.06. The fourth-order valence-electron chi connectivity index (χ4n) is 3.78. The summed E-state index contributed by atoms with van der Waals surface area (Å²) in [5.41, 5.74) is 2.48. The first kappa shape index (κ1) is 28.0. The lowest BCUT2D eigenvalue weighted by molar-refractivity contribution is 0.102. The Morgan fingerprint density at radius 3 is 2.25 bits per heavy atom. The van der Waals surface area contributed by atoms with Gasteiger partial charge in [0.1, 0.15) is 0 Å². The first-order valence-electron chi connectivity index (χ1n) is 11.6. The summed E-state index contributed by atoms with van der Waals surface area (Å²) in [7, 11) is -0.0846. The molecule has 0 saturated carbocycles. The molecule has 1 atom stereocenters. The van der Waals surface area contributed by atoms with Crippen molar-refractivity contribution in [3.63, 3.8) is 0 Å². The third-order valence-electron chi connectivity index (χ3n) is 6.09. The van der Waals surface area contributed by atoms with Crippen molar-refractivity contribution >= 4 is 50.5 Å². The van der Waals surface area contributed by atoms with E-state index < -0.39 is 10.0 Å². The predicted molar refractivity (Wildman–Crippen MR) is 149 cm³/mol. The molecule has 0 aliphatic carbocycles. The van der Waals surface area contributed by atoms with Crippen LogP contribution in [0.2, 0.25) is 10.0 Å². The molecule has 0 saturated heterocycles. The van der Waals surface area contributed by atoms with Crippen molar-refractivity contribution in [1.29, 1.82) is 0 Å². The van der Waals surface area contributed by atoms with E-state index in [0.29, 0.717) is 21.3 Å². The van der Waals surface area contributed by atoms with E-state index >= 15 is 0 Å². The van der Waals surface area contributed by atoms with Crippen LogP contribution in [0.15, 0.2) is 71.6 Å². The zero-order chi connectivity index (χ0) is 26.6. The highest BCUT2D eigenvalue weighted by Crippen LogP contribution is 2.31. The lowest BCUT2D eigenvalue weighted by Gasteiger charge is -2.32. The van der Waals surface area contributed by atoms with E-state index in [4.69, 9.17) is 23.2 Å². The molecule has 0 spiro atoms. The van der Waals surface area contributed by atoms with Crippen molar-refractivity contribution in [2.75, 3.05) is 24.3 Å². The third kappa shape index (κ3) is 6.40. The fourth-order valence-corrected chi connectivity index (χ4v) is 6.05. The van der Waals surface area contributed by atoms with Gasteiger partial charge in [0.05, 0.1) is 15.5 Å². The number of anilines is 2. The molecule has 0 bridgehead atoms. The Hall–Kier alpha value is -2.58. The maximum atomic E-state index is 13.8. The van der Waals surface area contributed by atoms with Crippen LogP contribution in [0, 0.1) is 5.92 Å². The van der Waals surface area contributed by atoms with Crippen LogP contribution in [0.5, 0.6) is 0 Å². The standard InChI is InChI=1S/C27H31Cl2N3O3S/c1-18(2)19(3)32(36(34,35)23-10-8-9-21(28)16-23)17-20-15-22(13-14-26(20)31(4)5)30-27(33)24-11-6-7-12-25(24)29/h6-16,18-19H,17H2,1-5H3,(H,30,33)/t19-/m0/s1. The molecule has 3 aromatic carbocycles. The van der Waals surface area contributed by atoms with Gasteiger partial charge in [-0.3, -0.25) is 4.79 Å². The van der Waals surface area contributed by atoms with Crippen molar-refractivity contribution in [3.8, 4) is 0 Å². The minimum atomic E-state index is -3.87. The molecule has 3 aromatic rings. The zero-order valence-corrected chi connectivity index (χ0v) is 23.3. The molecular formula is C27H31Cl2N3O3S. The van der Waals surface area contributed by atoms with Gasteiger partial charge in [0.15, 0.2) is 0 Å². The number of amides is 1. The smallest absolute Gasteiger partial charge is 0.257 e. The third-order valence-corrected chi connectivity index (χ3v) is 8.58. The number of nitrogens with one attached hydrogen (secondary N) is 1. The summed E-state index contributed by atoms with van der Waals surface area (Å²) in [6, 6.07) is 18.2. The van der Waals surface area contributed by atoms with Crippen molar-refractivity contribution in [2.45, 2.75) is 38.3 Å². The maximum absolute atomic E-state index is 13.8. The molecule has 0 fully saturated rings. The Morgan fingerprint density at radius 2 is 1.64 bits per heavy atom. The van der Waals surface area contributed by atoms with Gasteiger partial charge in [0.25, 0.3) is 5.91 Å². The van der Waals surface area contributed by atoms with Crippen LogP contribution in [0.4, 0.5) is 11.4 Å². The predicted octanol–water partition coefficient (Wildman–Crippen LogP) is 6.55. The molecule has 9 heteroatoms. The minimum Gasteiger partial charge on any atom is -0.377 e. The zero-order valence-electron chi connectivity index (χ0n) is 21.0. The van der Waals surface area contributed by atoms with Gasteiger partial charge in [-0.05, 0) is 66.9 Å². The number of carbonyl (C=O) groups is 1. The number of benzene rings is 3. The van der Waals surface area contributed by atoms with E-state index in [0.717, 1.165) is 11.3 Å². The Bertz CT molecular complexity index is 1340. The van der Waals surface area contributed by atoms with E-state index in [9.17, 15) is 13.2 Å². The van der Waals surface area contributed by atoms with Gasteiger partial charge in [-0.1, -0.05) is 55.2 Å². The highest BCUT2D eigenvalue weighted by Gasteiger charge is 2.32. The van der Waals surface area contributed by atoms with E-state index in [1.54, 1.807) is 54.6 Å². The average molecular weight is 549 g/mol. The van der Waals surface area contributed by atoms with Crippen LogP contribution >= 0.6 is 23.2 Å². The van der Waals surface area contributed by atoms with E-state index in [1.807, 2.05) is 45.8 Å². The fraction of sp³-hybridized carbons (Fsp3) is 0.296. The van der Waals surface area contributed by atoms with Gasteiger partial charge >= 0.3 is 0 Å². The van der Waals surface area contributed by atoms with Gasteiger partial charge < -0.3 is 10.2 Å². The van der Waals surface area contributed by atoms with Crippen molar-refractivity contribution in [2.24, 2.45) is 5.92 Å². The first-order chi connectivity index (χ1) is 16.9. The largest absolute Gasteiger partial charge is 0.377 e. The molecule has 1 N–H and O–H groups in total. The second-order valence-electron chi connectivity index (χ2n) is 9.16. The van der Waals surface area contributed by atoms with Crippen molar-refractivity contribution < 1.29 is 13.2 Å². The van der Waals surface area contributed by atoms with Gasteiger partial charge in [0.2, 0.25) is 10.0 Å². The van der Waals surface area contributed by atoms with Crippen LogP contribution in [0.3, 0.4) is 0 Å². The second kappa shape index (κ2) is 11.6. The van der Waals surface area contributed by atoms with Crippen LogP contribution in [0.25, 0.3) is 0 Å².